The van der Waals surface area contributed by atoms with E-state index in [2.05, 4.69) is 10.1 Å². The van der Waals surface area contributed by atoms with Crippen molar-refractivity contribution in [2.24, 2.45) is 0 Å². The van der Waals surface area contributed by atoms with Crippen molar-refractivity contribution in [2.75, 3.05) is 0 Å². The van der Waals surface area contributed by atoms with Gasteiger partial charge in [0, 0.05) is 24.6 Å². The zero-order valence-corrected chi connectivity index (χ0v) is 11.1. The number of rotatable bonds is 5. The molecular formula is C14H17N3O2. The first-order valence-electron chi connectivity index (χ1n) is 6.28. The number of aromatic nitrogens is 3. The number of hydrogen-bond acceptors (Lipinski definition) is 3. The maximum atomic E-state index is 11.0. The first-order chi connectivity index (χ1) is 9.08. The molecule has 5 heteroatoms. The Morgan fingerprint density at radius 1 is 1.37 bits per heavy atom. The fraction of sp³-hybridized carbons (Fsp3) is 0.357. The van der Waals surface area contributed by atoms with Crippen molar-refractivity contribution in [3.8, 4) is 0 Å². The molecule has 0 bridgehead atoms. The first-order valence-corrected chi connectivity index (χ1v) is 6.28. The van der Waals surface area contributed by atoms with Gasteiger partial charge in [0.05, 0.1) is 0 Å². The third-order valence-corrected chi connectivity index (χ3v) is 2.98. The Kier molecular flexibility index (Phi) is 3.94. The van der Waals surface area contributed by atoms with Gasteiger partial charge in [0.25, 0.3) is 0 Å². The Balaban J connectivity index is 2.17. The van der Waals surface area contributed by atoms with Crippen molar-refractivity contribution in [3.63, 3.8) is 0 Å². The summed E-state index contributed by atoms with van der Waals surface area (Å²) in [5.74, 6) is -0.734. The molecule has 2 rings (SSSR count). The third kappa shape index (κ3) is 3.19. The van der Waals surface area contributed by atoms with E-state index in [-0.39, 0.29) is 11.6 Å². The van der Waals surface area contributed by atoms with Gasteiger partial charge in [-0.3, -0.25) is 9.67 Å². The van der Waals surface area contributed by atoms with Crippen molar-refractivity contribution in [1.82, 2.24) is 14.8 Å². The maximum Gasteiger partial charge on any atom is 0.356 e. The van der Waals surface area contributed by atoms with Crippen LogP contribution in [-0.4, -0.2) is 25.8 Å². The van der Waals surface area contributed by atoms with Crippen LogP contribution < -0.4 is 0 Å². The summed E-state index contributed by atoms with van der Waals surface area (Å²) in [7, 11) is 0. The molecule has 0 unspecified atom stereocenters. The van der Waals surface area contributed by atoms with Gasteiger partial charge in [-0.15, -0.1) is 0 Å². The summed E-state index contributed by atoms with van der Waals surface area (Å²) in [5, 5.41) is 13.2. The third-order valence-electron chi connectivity index (χ3n) is 2.98. The van der Waals surface area contributed by atoms with Crippen molar-refractivity contribution >= 4 is 5.97 Å². The van der Waals surface area contributed by atoms with Crippen LogP contribution >= 0.6 is 0 Å². The van der Waals surface area contributed by atoms with Crippen molar-refractivity contribution in [1.29, 1.82) is 0 Å². The molecule has 100 valence electrons. The van der Waals surface area contributed by atoms with Crippen LogP contribution in [-0.2, 0) is 13.0 Å². The molecule has 0 atom stereocenters. The predicted octanol–water partition coefficient (Wildman–Crippen LogP) is 2.34. The second-order valence-electron chi connectivity index (χ2n) is 4.74. The molecule has 2 heterocycles. The molecule has 5 nitrogen and oxygen atoms in total. The first kappa shape index (κ1) is 13.3. The number of nitrogens with zero attached hydrogens (tertiary/aromatic N) is 3. The Bertz CT molecular complexity index is 561. The zero-order chi connectivity index (χ0) is 13.8. The van der Waals surface area contributed by atoms with E-state index in [1.165, 1.54) is 0 Å². The zero-order valence-electron chi connectivity index (χ0n) is 11.1. The second kappa shape index (κ2) is 5.65. The Labute approximate surface area is 111 Å². The summed E-state index contributed by atoms with van der Waals surface area (Å²) in [6.45, 7) is 4.74. The molecule has 0 spiro atoms. The Morgan fingerprint density at radius 3 is 2.63 bits per heavy atom. The van der Waals surface area contributed by atoms with Crippen LogP contribution in [0.5, 0.6) is 0 Å². The van der Waals surface area contributed by atoms with Crippen LogP contribution in [0.25, 0.3) is 0 Å². The van der Waals surface area contributed by atoms with Crippen molar-refractivity contribution in [2.45, 2.75) is 32.7 Å². The standard InChI is InChI=1S/C14H17N3O2/c1-10(2)13-9-12(14(18)19)16-17(13)8-5-11-3-6-15-7-4-11/h3-4,6-7,9-10H,5,8H2,1-2H3,(H,18,19). The number of hydrogen-bond donors (Lipinski definition) is 1. The maximum absolute atomic E-state index is 11.0. The Hall–Kier alpha value is -2.17. The van der Waals surface area contributed by atoms with E-state index in [1.54, 1.807) is 23.1 Å². The van der Waals surface area contributed by atoms with Gasteiger partial charge >= 0.3 is 5.97 Å². The number of carboxylic acid groups (broad SMARTS) is 1. The van der Waals surface area contributed by atoms with E-state index >= 15 is 0 Å². The highest BCUT2D eigenvalue weighted by Gasteiger charge is 2.15. The molecule has 0 aliphatic carbocycles. The van der Waals surface area contributed by atoms with Gasteiger partial charge in [-0.05, 0) is 36.1 Å². The SMILES string of the molecule is CC(C)c1cc(C(=O)O)nn1CCc1ccncc1. The van der Waals surface area contributed by atoms with Crippen LogP contribution in [0.2, 0.25) is 0 Å². The van der Waals surface area contributed by atoms with Gasteiger partial charge < -0.3 is 5.11 Å². The highest BCUT2D eigenvalue weighted by molar-refractivity contribution is 5.85. The van der Waals surface area contributed by atoms with Crippen molar-refractivity contribution in [3.05, 3.63) is 47.5 Å². The number of pyridine rings is 1. The molecular weight excluding hydrogens is 242 g/mol. The van der Waals surface area contributed by atoms with E-state index < -0.39 is 5.97 Å². The van der Waals surface area contributed by atoms with Crippen LogP contribution in [0, 0.1) is 0 Å². The molecule has 1 N–H and O–H groups in total. The summed E-state index contributed by atoms with van der Waals surface area (Å²) >= 11 is 0. The van der Waals surface area contributed by atoms with Crippen molar-refractivity contribution < 1.29 is 9.90 Å². The molecule has 0 aliphatic rings. The molecule has 2 aromatic rings. The highest BCUT2D eigenvalue weighted by Crippen LogP contribution is 2.16. The topological polar surface area (TPSA) is 68.0 Å². The minimum atomic E-state index is -0.982. The minimum absolute atomic E-state index is 0.110. The molecule has 2 aromatic heterocycles. The largest absolute Gasteiger partial charge is 0.476 e. The Morgan fingerprint density at radius 2 is 2.05 bits per heavy atom. The number of aromatic carboxylic acids is 1. The lowest BCUT2D eigenvalue weighted by Crippen LogP contribution is -2.09. The van der Waals surface area contributed by atoms with Gasteiger partial charge in [-0.1, -0.05) is 13.8 Å². The van der Waals surface area contributed by atoms with Crippen LogP contribution in [0.1, 0.15) is 41.5 Å². The quantitative estimate of drug-likeness (QED) is 0.894. The smallest absolute Gasteiger partial charge is 0.356 e. The van der Waals surface area contributed by atoms with Gasteiger partial charge in [0.15, 0.2) is 5.69 Å². The number of aryl methyl sites for hydroxylation is 2. The monoisotopic (exact) mass is 259 g/mol. The number of carboxylic acids is 1. The molecule has 0 amide bonds. The van der Waals surface area contributed by atoms with Gasteiger partial charge in [-0.25, -0.2) is 4.79 Å². The predicted molar refractivity (Wildman–Crippen MR) is 71.2 cm³/mol. The molecule has 19 heavy (non-hydrogen) atoms. The van der Waals surface area contributed by atoms with Crippen LogP contribution in [0.3, 0.4) is 0 Å². The molecule has 0 fully saturated rings. The fourth-order valence-corrected chi connectivity index (χ4v) is 1.96. The lowest BCUT2D eigenvalue weighted by Gasteiger charge is -2.09. The van der Waals surface area contributed by atoms with E-state index in [1.807, 2.05) is 26.0 Å². The van der Waals surface area contributed by atoms with E-state index in [0.29, 0.717) is 6.54 Å². The van der Waals surface area contributed by atoms with E-state index in [0.717, 1.165) is 17.7 Å². The lowest BCUT2D eigenvalue weighted by atomic mass is 10.1. The molecule has 0 saturated carbocycles. The van der Waals surface area contributed by atoms with Gasteiger partial charge in [-0.2, -0.15) is 5.10 Å². The summed E-state index contributed by atoms with van der Waals surface area (Å²) in [5.41, 5.74) is 2.22. The summed E-state index contributed by atoms with van der Waals surface area (Å²) in [6.07, 6.45) is 4.32. The van der Waals surface area contributed by atoms with Gasteiger partial charge in [0.1, 0.15) is 0 Å². The van der Waals surface area contributed by atoms with Gasteiger partial charge in [0.2, 0.25) is 0 Å². The summed E-state index contributed by atoms with van der Waals surface area (Å²) < 4.78 is 1.79. The molecule has 0 saturated heterocycles. The minimum Gasteiger partial charge on any atom is -0.476 e. The van der Waals surface area contributed by atoms with Crippen LogP contribution in [0.4, 0.5) is 0 Å². The number of carbonyl (C=O) groups is 1. The average molecular weight is 259 g/mol. The van der Waals surface area contributed by atoms with E-state index in [9.17, 15) is 4.79 Å². The molecule has 0 aliphatic heterocycles. The lowest BCUT2D eigenvalue weighted by molar-refractivity contribution is 0.0689. The normalized spacial score (nSPS) is 10.9. The summed E-state index contributed by atoms with van der Waals surface area (Å²) in [6, 6.07) is 5.56. The summed E-state index contributed by atoms with van der Waals surface area (Å²) in [4.78, 5) is 15.0. The highest BCUT2D eigenvalue weighted by atomic mass is 16.4. The van der Waals surface area contributed by atoms with E-state index in [4.69, 9.17) is 5.11 Å². The molecule has 0 aromatic carbocycles. The average Bonchev–Trinajstić information content (AvgIpc) is 2.82. The molecule has 0 radical (unpaired) electrons. The van der Waals surface area contributed by atoms with Crippen LogP contribution in [0.15, 0.2) is 30.6 Å². The fourth-order valence-electron chi connectivity index (χ4n) is 1.96. The second-order valence-corrected chi connectivity index (χ2v) is 4.74.